The van der Waals surface area contributed by atoms with E-state index in [0.29, 0.717) is 24.9 Å². The SMILES string of the molecule is COCc1nc(-c2cccc(N(CC34CCC(c5nc(C6CC6)no5)(CC3)CC4)C(=O)CC3CCOCC3)c2)cs1. The number of aromatic nitrogens is 3. The summed E-state index contributed by atoms with van der Waals surface area (Å²) >= 11 is 1.61. The van der Waals surface area contributed by atoms with Gasteiger partial charge in [-0.2, -0.15) is 4.98 Å². The maximum atomic E-state index is 14.1. The summed E-state index contributed by atoms with van der Waals surface area (Å²) in [6.07, 6.45) is 11.3. The Balaban J connectivity index is 1.12. The van der Waals surface area contributed by atoms with Crippen molar-refractivity contribution in [1.29, 1.82) is 0 Å². The van der Waals surface area contributed by atoms with E-state index in [9.17, 15) is 4.79 Å². The van der Waals surface area contributed by atoms with Gasteiger partial charge in [0.2, 0.25) is 11.8 Å². The summed E-state index contributed by atoms with van der Waals surface area (Å²) in [5, 5.41) is 7.37. The Morgan fingerprint density at radius 2 is 1.85 bits per heavy atom. The van der Waals surface area contributed by atoms with Crippen LogP contribution in [-0.4, -0.2) is 47.9 Å². The van der Waals surface area contributed by atoms with E-state index in [1.807, 2.05) is 0 Å². The summed E-state index contributed by atoms with van der Waals surface area (Å²) in [5.74, 6) is 2.91. The minimum absolute atomic E-state index is 0.0171. The fraction of sp³-hybridized carbons (Fsp3) is 0.625. The molecule has 1 aliphatic heterocycles. The summed E-state index contributed by atoms with van der Waals surface area (Å²) in [6, 6.07) is 8.40. The number of carbonyl (C=O) groups excluding carboxylic acids is 1. The van der Waals surface area contributed by atoms with Crippen molar-refractivity contribution in [3.8, 4) is 11.3 Å². The third-order valence-electron chi connectivity index (χ3n) is 10.1. The average molecular weight is 577 g/mol. The average Bonchev–Trinajstić information content (AvgIpc) is 3.54. The molecule has 8 rings (SSSR count). The van der Waals surface area contributed by atoms with Gasteiger partial charge >= 0.3 is 0 Å². The first-order valence-corrected chi connectivity index (χ1v) is 16.2. The van der Waals surface area contributed by atoms with Crippen LogP contribution in [0.3, 0.4) is 0 Å². The summed E-state index contributed by atoms with van der Waals surface area (Å²) in [5.41, 5.74) is 3.09. The van der Waals surface area contributed by atoms with E-state index in [1.54, 1.807) is 18.4 Å². The lowest BCUT2D eigenvalue weighted by Gasteiger charge is -2.53. The first-order chi connectivity index (χ1) is 20.0. The molecular weight excluding hydrogens is 536 g/mol. The number of hydrogen-bond donors (Lipinski definition) is 0. The van der Waals surface area contributed by atoms with E-state index in [1.165, 1.54) is 12.8 Å². The Morgan fingerprint density at radius 1 is 1.07 bits per heavy atom. The molecule has 1 saturated heterocycles. The second kappa shape index (κ2) is 11.2. The summed E-state index contributed by atoms with van der Waals surface area (Å²) < 4.78 is 16.7. The van der Waals surface area contributed by atoms with E-state index in [-0.39, 0.29) is 16.7 Å². The maximum absolute atomic E-state index is 14.1. The van der Waals surface area contributed by atoms with Gasteiger partial charge in [-0.3, -0.25) is 4.79 Å². The molecule has 218 valence electrons. The number of anilines is 1. The normalized spacial score (nSPS) is 26.4. The molecule has 3 aromatic rings. The molecule has 2 aromatic heterocycles. The second-order valence-corrected chi connectivity index (χ2v) is 13.8. The number of thiazole rings is 1. The number of amides is 1. The zero-order valence-electron chi connectivity index (χ0n) is 24.0. The lowest BCUT2D eigenvalue weighted by Crippen LogP contribution is -2.51. The van der Waals surface area contributed by atoms with Crippen LogP contribution < -0.4 is 4.90 Å². The van der Waals surface area contributed by atoms with Crippen LogP contribution in [0, 0.1) is 11.3 Å². The van der Waals surface area contributed by atoms with Crippen molar-refractivity contribution in [2.75, 3.05) is 31.8 Å². The van der Waals surface area contributed by atoms with E-state index < -0.39 is 0 Å². The van der Waals surface area contributed by atoms with Crippen LogP contribution in [0.1, 0.15) is 93.3 Å². The van der Waals surface area contributed by atoms with Crippen molar-refractivity contribution in [3.63, 3.8) is 0 Å². The number of ether oxygens (including phenoxy) is 2. The predicted molar refractivity (Wildman–Crippen MR) is 157 cm³/mol. The zero-order chi connectivity index (χ0) is 27.9. The predicted octanol–water partition coefficient (Wildman–Crippen LogP) is 6.66. The molecular formula is C32H40N4O4S. The van der Waals surface area contributed by atoms with Crippen molar-refractivity contribution < 1.29 is 18.8 Å². The van der Waals surface area contributed by atoms with Gasteiger partial charge < -0.3 is 18.9 Å². The van der Waals surface area contributed by atoms with Crippen molar-refractivity contribution in [3.05, 3.63) is 46.4 Å². The molecule has 41 heavy (non-hydrogen) atoms. The van der Waals surface area contributed by atoms with Crippen LogP contribution in [0.4, 0.5) is 5.69 Å². The van der Waals surface area contributed by atoms with Crippen LogP contribution in [-0.2, 0) is 26.3 Å². The van der Waals surface area contributed by atoms with Gasteiger partial charge in [-0.05, 0) is 87.7 Å². The third kappa shape index (κ3) is 5.60. The first-order valence-electron chi connectivity index (χ1n) is 15.3. The Labute approximate surface area is 245 Å². The highest BCUT2D eigenvalue weighted by molar-refractivity contribution is 7.09. The molecule has 0 radical (unpaired) electrons. The summed E-state index contributed by atoms with van der Waals surface area (Å²) in [7, 11) is 1.69. The molecule has 4 saturated carbocycles. The van der Waals surface area contributed by atoms with Gasteiger partial charge in [0, 0.05) is 61.3 Å². The Morgan fingerprint density at radius 3 is 2.59 bits per heavy atom. The van der Waals surface area contributed by atoms with E-state index >= 15 is 0 Å². The van der Waals surface area contributed by atoms with Gasteiger partial charge in [-0.15, -0.1) is 11.3 Å². The molecule has 1 amide bonds. The molecule has 4 aliphatic carbocycles. The highest BCUT2D eigenvalue weighted by Crippen LogP contribution is 2.58. The van der Waals surface area contributed by atoms with Crippen LogP contribution in [0.5, 0.6) is 0 Å². The molecule has 8 nitrogen and oxygen atoms in total. The van der Waals surface area contributed by atoms with Gasteiger partial charge in [0.15, 0.2) is 5.82 Å². The van der Waals surface area contributed by atoms with Crippen LogP contribution in [0.25, 0.3) is 11.3 Å². The number of benzene rings is 1. The molecule has 5 aliphatic rings. The number of methoxy groups -OCH3 is 1. The van der Waals surface area contributed by atoms with Crippen LogP contribution in [0.2, 0.25) is 0 Å². The summed E-state index contributed by atoms with van der Waals surface area (Å²) in [4.78, 5) is 25.8. The molecule has 0 atom stereocenters. The van der Waals surface area contributed by atoms with Crippen LogP contribution in [0.15, 0.2) is 34.2 Å². The molecule has 0 spiro atoms. The maximum Gasteiger partial charge on any atom is 0.232 e. The Bertz CT molecular complexity index is 1350. The highest BCUT2D eigenvalue weighted by atomic mass is 32.1. The molecule has 0 unspecified atom stereocenters. The van der Waals surface area contributed by atoms with Gasteiger partial charge in [0.05, 0.1) is 12.3 Å². The minimum Gasteiger partial charge on any atom is -0.381 e. The smallest absolute Gasteiger partial charge is 0.232 e. The minimum atomic E-state index is 0.0171. The fourth-order valence-electron chi connectivity index (χ4n) is 7.21. The lowest BCUT2D eigenvalue weighted by molar-refractivity contribution is -0.121. The number of nitrogens with zero attached hydrogens (tertiary/aromatic N) is 4. The van der Waals surface area contributed by atoms with Gasteiger partial charge in [0.25, 0.3) is 0 Å². The first kappa shape index (κ1) is 27.2. The Hall–Kier alpha value is -2.62. The van der Waals surface area contributed by atoms with Crippen molar-refractivity contribution >= 4 is 22.9 Å². The highest BCUT2D eigenvalue weighted by Gasteiger charge is 2.53. The largest absolute Gasteiger partial charge is 0.381 e. The zero-order valence-corrected chi connectivity index (χ0v) is 24.8. The van der Waals surface area contributed by atoms with E-state index in [4.69, 9.17) is 24.0 Å². The molecule has 3 heterocycles. The topological polar surface area (TPSA) is 90.6 Å². The Kier molecular flexibility index (Phi) is 7.46. The fourth-order valence-corrected chi connectivity index (χ4v) is 7.99. The number of fused-ring (bicyclic) bond motifs is 3. The van der Waals surface area contributed by atoms with Crippen molar-refractivity contribution in [2.24, 2.45) is 11.3 Å². The standard InChI is InChI=1S/C32H40N4O4S/c1-38-19-27-33-26(20-41-27)24-3-2-4-25(18-24)36(28(37)17-22-7-15-39-16-8-22)21-31-9-12-32(13-10-31,14-11-31)30-34-29(35-40-30)23-5-6-23/h2-4,18,20,22-23H,5-17,19,21H2,1H3. The number of rotatable bonds is 10. The third-order valence-corrected chi connectivity index (χ3v) is 10.9. The van der Waals surface area contributed by atoms with Gasteiger partial charge in [-0.25, -0.2) is 4.98 Å². The molecule has 1 aromatic carbocycles. The quantitative estimate of drug-likeness (QED) is 0.267. The van der Waals surface area contributed by atoms with Gasteiger partial charge in [0.1, 0.15) is 5.01 Å². The molecule has 5 fully saturated rings. The molecule has 2 bridgehead atoms. The van der Waals surface area contributed by atoms with Crippen molar-refractivity contribution in [1.82, 2.24) is 15.1 Å². The number of hydrogen-bond acceptors (Lipinski definition) is 8. The van der Waals surface area contributed by atoms with Crippen LogP contribution >= 0.6 is 11.3 Å². The lowest BCUT2D eigenvalue weighted by atomic mass is 9.53. The monoisotopic (exact) mass is 576 g/mol. The van der Waals surface area contributed by atoms with E-state index in [2.05, 4.69) is 39.7 Å². The molecule has 0 N–H and O–H groups in total. The second-order valence-electron chi connectivity index (χ2n) is 12.9. The summed E-state index contributed by atoms with van der Waals surface area (Å²) in [6.45, 7) is 2.78. The van der Waals surface area contributed by atoms with Gasteiger partial charge in [-0.1, -0.05) is 17.3 Å². The van der Waals surface area contributed by atoms with Crippen molar-refractivity contribution in [2.45, 2.75) is 88.6 Å². The number of carbonyl (C=O) groups is 1. The van der Waals surface area contributed by atoms with E-state index in [0.717, 1.165) is 105 Å². The molecule has 9 heteroatoms.